The van der Waals surface area contributed by atoms with E-state index in [0.717, 1.165) is 11.3 Å². The second-order valence-electron chi connectivity index (χ2n) is 9.96. The average molecular weight is 683 g/mol. The van der Waals surface area contributed by atoms with E-state index in [1.165, 1.54) is 19.2 Å². The summed E-state index contributed by atoms with van der Waals surface area (Å²) in [5.41, 5.74) is 9.53. The zero-order valence-electron chi connectivity index (χ0n) is 24.7. The van der Waals surface area contributed by atoms with Crippen LogP contribution < -0.4 is 46.3 Å². The number of carbonyl (C=O) groups is 4. The predicted octanol–water partition coefficient (Wildman–Crippen LogP) is -2.19. The number of nitrogens with zero attached hydrogens (tertiary/aromatic N) is 3. The molecule has 0 saturated carbocycles. The first-order valence-electron chi connectivity index (χ1n) is 13.0. The minimum atomic E-state index is -5.32. The van der Waals surface area contributed by atoms with E-state index in [0.29, 0.717) is 11.1 Å². The van der Waals surface area contributed by atoms with Gasteiger partial charge in [-0.2, -0.15) is 0 Å². The first kappa shape index (κ1) is 36.4. The molecule has 16 nitrogen and oxygen atoms in total. The van der Waals surface area contributed by atoms with Gasteiger partial charge in [-0.05, 0) is 25.0 Å². The summed E-state index contributed by atoms with van der Waals surface area (Å²) >= 11 is 0.940. The molecule has 2 heterocycles. The Morgan fingerprint density at radius 2 is 1.67 bits per heavy atom. The number of oxime groups is 1. The SMILES string of the molecule is CC(C)(ON=C(C(=O)N[C@H]1C(=O)N(S(=O)(=O)[O-])[C@H]1COC(N)=O)c1csc(N)n1)C(=O)OC(c1ccccc1)c1ccccc1.[Na+]. The first-order valence-corrected chi connectivity index (χ1v) is 15.2. The van der Waals surface area contributed by atoms with Crippen LogP contribution in [0.25, 0.3) is 0 Å². The third-order valence-corrected chi connectivity index (χ3v) is 7.97. The van der Waals surface area contributed by atoms with Crippen molar-refractivity contribution in [3.05, 3.63) is 82.9 Å². The Labute approximate surface area is 289 Å². The molecule has 4 rings (SSSR count). The van der Waals surface area contributed by atoms with Gasteiger partial charge in [0.2, 0.25) is 5.60 Å². The van der Waals surface area contributed by atoms with Crippen molar-refractivity contribution in [1.29, 1.82) is 0 Å². The van der Waals surface area contributed by atoms with Crippen LogP contribution in [0.3, 0.4) is 0 Å². The van der Waals surface area contributed by atoms with Gasteiger partial charge in [0.05, 0.1) is 0 Å². The molecule has 2 aromatic carbocycles. The topological polar surface area (TPSA) is 246 Å². The van der Waals surface area contributed by atoms with Crippen molar-refractivity contribution in [2.45, 2.75) is 37.6 Å². The minimum absolute atomic E-state index is 0. The number of thiazole rings is 1. The molecule has 2 atom stereocenters. The van der Waals surface area contributed by atoms with Crippen molar-refractivity contribution in [3.8, 4) is 0 Å². The number of amides is 3. The van der Waals surface area contributed by atoms with Gasteiger partial charge in [0.15, 0.2) is 27.3 Å². The Balaban J connectivity index is 0.00000576. The van der Waals surface area contributed by atoms with Gasteiger partial charge in [0.1, 0.15) is 24.4 Å². The van der Waals surface area contributed by atoms with E-state index in [2.05, 4.69) is 20.2 Å². The Hall–Kier alpha value is -4.07. The predicted molar refractivity (Wildman–Crippen MR) is 157 cm³/mol. The van der Waals surface area contributed by atoms with E-state index in [1.54, 1.807) is 48.5 Å². The quantitative estimate of drug-likeness (QED) is 0.0461. The molecule has 1 aliphatic rings. The molecule has 1 saturated heterocycles. The molecule has 3 aromatic rings. The molecule has 1 fully saturated rings. The summed E-state index contributed by atoms with van der Waals surface area (Å²) in [6.45, 7) is 1.88. The maximum Gasteiger partial charge on any atom is 1.00 e. The smallest absolute Gasteiger partial charge is 0.731 e. The van der Waals surface area contributed by atoms with Crippen molar-refractivity contribution in [3.63, 3.8) is 0 Å². The van der Waals surface area contributed by atoms with Gasteiger partial charge in [-0.3, -0.25) is 9.59 Å². The van der Waals surface area contributed by atoms with E-state index in [-0.39, 0.29) is 44.7 Å². The zero-order valence-corrected chi connectivity index (χ0v) is 28.3. The Bertz CT molecular complexity index is 1680. The molecule has 238 valence electrons. The summed E-state index contributed by atoms with van der Waals surface area (Å²) in [6.07, 6.45) is -2.12. The van der Waals surface area contributed by atoms with Gasteiger partial charge in [0.25, 0.3) is 11.8 Å². The standard InChI is InChI=1S/C27H28N6O10S2.Na/c1-27(2,24(36)42-21(15-9-5-3-6-10-15)16-11-7-4-8-12-16)43-32-19(17-14-44-25(28)30-17)22(34)31-20-18(13-41-26(29)37)33(23(20)35)45(38,39)40;/h3-12,14,18,20-21H,13H2,1-2H3,(H2,28,30)(H2,29,37)(H,31,34)(H,38,39,40);/q;+1/p-1/t18-,20+;/m0./s1. The number of anilines is 1. The van der Waals surface area contributed by atoms with Crippen molar-refractivity contribution in [2.24, 2.45) is 10.9 Å². The number of primary amides is 1. The van der Waals surface area contributed by atoms with E-state index in [1.807, 2.05) is 12.1 Å². The van der Waals surface area contributed by atoms with Crippen molar-refractivity contribution < 1.29 is 76.0 Å². The van der Waals surface area contributed by atoms with Crippen LogP contribution in [0.4, 0.5) is 9.93 Å². The van der Waals surface area contributed by atoms with Gasteiger partial charge < -0.3 is 35.6 Å². The molecule has 0 aliphatic carbocycles. The average Bonchev–Trinajstić information content (AvgIpc) is 3.42. The number of carbonyl (C=O) groups excluding carboxylic acids is 4. The van der Waals surface area contributed by atoms with Gasteiger partial charge in [-0.25, -0.2) is 27.3 Å². The number of rotatable bonds is 12. The van der Waals surface area contributed by atoms with Crippen LogP contribution in [0.1, 0.15) is 36.8 Å². The summed E-state index contributed by atoms with van der Waals surface area (Å²) in [6, 6.07) is 14.7. The number of β-lactam (4-membered cyclic amide) rings is 1. The van der Waals surface area contributed by atoms with Crippen LogP contribution in [0, 0.1) is 0 Å². The fourth-order valence-electron chi connectivity index (χ4n) is 4.12. The number of nitrogen functional groups attached to an aromatic ring is 1. The number of ether oxygens (including phenoxy) is 2. The maximum absolute atomic E-state index is 13.4. The minimum Gasteiger partial charge on any atom is -0.731 e. The molecule has 46 heavy (non-hydrogen) atoms. The number of hydrogen-bond acceptors (Lipinski definition) is 14. The Morgan fingerprint density at radius 3 is 2.15 bits per heavy atom. The molecule has 0 unspecified atom stereocenters. The molecule has 3 amide bonds. The van der Waals surface area contributed by atoms with E-state index in [4.69, 9.17) is 21.0 Å². The first-order chi connectivity index (χ1) is 21.2. The second-order valence-corrected chi connectivity index (χ2v) is 12.1. The summed E-state index contributed by atoms with van der Waals surface area (Å²) in [4.78, 5) is 59.8. The molecule has 0 radical (unpaired) electrons. The Morgan fingerprint density at radius 1 is 1.11 bits per heavy atom. The molecular weight excluding hydrogens is 655 g/mol. The maximum atomic E-state index is 13.4. The number of esters is 1. The summed E-state index contributed by atoms with van der Waals surface area (Å²) < 4.78 is 45.0. The third-order valence-electron chi connectivity index (χ3n) is 6.36. The van der Waals surface area contributed by atoms with Crippen LogP contribution in [-0.2, 0) is 39.0 Å². The van der Waals surface area contributed by atoms with Crippen molar-refractivity contribution >= 4 is 56.4 Å². The van der Waals surface area contributed by atoms with Gasteiger partial charge in [0, 0.05) is 5.38 Å². The second kappa shape index (κ2) is 15.0. The van der Waals surface area contributed by atoms with E-state index in [9.17, 15) is 32.1 Å². The van der Waals surface area contributed by atoms with Gasteiger partial charge in [-0.15, -0.1) is 11.3 Å². The molecule has 5 N–H and O–H groups in total. The molecular formula is C27H27N6NaO10S2. The zero-order chi connectivity index (χ0) is 32.9. The number of hydrogen-bond donors (Lipinski definition) is 3. The largest absolute Gasteiger partial charge is 1.00 e. The van der Waals surface area contributed by atoms with Gasteiger partial charge >= 0.3 is 41.6 Å². The van der Waals surface area contributed by atoms with Crippen LogP contribution in [0.15, 0.2) is 71.2 Å². The summed E-state index contributed by atoms with van der Waals surface area (Å²) in [7, 11) is -5.32. The number of nitrogens with two attached hydrogens (primary N) is 2. The fourth-order valence-corrected chi connectivity index (χ4v) is 5.52. The van der Waals surface area contributed by atoms with Crippen molar-refractivity contribution in [1.82, 2.24) is 14.6 Å². The molecule has 19 heteroatoms. The van der Waals surface area contributed by atoms with Crippen LogP contribution in [-0.4, -0.2) is 76.1 Å². The fraction of sp³-hybridized carbons (Fsp3) is 0.259. The summed E-state index contributed by atoms with van der Waals surface area (Å²) in [5, 5.41) is 7.44. The van der Waals surface area contributed by atoms with E-state index < -0.39 is 70.3 Å². The van der Waals surface area contributed by atoms with Gasteiger partial charge in [-0.1, -0.05) is 65.8 Å². The molecule has 0 spiro atoms. The number of nitrogens with one attached hydrogen (secondary N) is 1. The number of benzene rings is 2. The van der Waals surface area contributed by atoms with Crippen molar-refractivity contribution in [2.75, 3.05) is 12.3 Å². The van der Waals surface area contributed by atoms with Crippen LogP contribution >= 0.6 is 11.3 Å². The van der Waals surface area contributed by atoms with Crippen LogP contribution in [0.2, 0.25) is 0 Å². The van der Waals surface area contributed by atoms with E-state index >= 15 is 0 Å². The third kappa shape index (κ3) is 8.59. The monoisotopic (exact) mass is 682 g/mol. The number of aromatic nitrogens is 1. The molecule has 1 aromatic heterocycles. The Kier molecular flexibility index (Phi) is 11.9. The molecule has 1 aliphatic heterocycles. The normalized spacial score (nSPS) is 16.6. The summed E-state index contributed by atoms with van der Waals surface area (Å²) in [5.74, 6) is -3.27. The van der Waals surface area contributed by atoms with Crippen LogP contribution in [0.5, 0.6) is 0 Å². The molecule has 0 bridgehead atoms.